The predicted molar refractivity (Wildman–Crippen MR) is 95.1 cm³/mol. The Morgan fingerprint density at radius 3 is 2.87 bits per heavy atom. The summed E-state index contributed by atoms with van der Waals surface area (Å²) in [6, 6.07) is 12.6. The molecule has 0 radical (unpaired) electrons. The lowest BCUT2D eigenvalue weighted by Gasteiger charge is -2.11. The molecule has 6 heteroatoms. The number of ether oxygens (including phenoxy) is 1. The average Bonchev–Trinajstić information content (AvgIpc) is 3.04. The van der Waals surface area contributed by atoms with Crippen LogP contribution in [-0.2, 0) is 6.42 Å². The van der Waals surface area contributed by atoms with Crippen LogP contribution in [0.1, 0.15) is 11.1 Å². The number of hydrogen-bond acceptors (Lipinski definition) is 4. The summed E-state index contributed by atoms with van der Waals surface area (Å²) in [7, 11) is 0. The molecule has 0 fully saturated rings. The zero-order chi connectivity index (χ0) is 16.2. The Hall–Kier alpha value is -2.47. The van der Waals surface area contributed by atoms with Crippen molar-refractivity contribution in [2.24, 2.45) is 0 Å². The van der Waals surface area contributed by atoms with Gasteiger partial charge in [-0.2, -0.15) is 0 Å². The molecule has 0 aliphatic carbocycles. The maximum absolute atomic E-state index is 12.2. The van der Waals surface area contributed by atoms with E-state index in [2.05, 4.69) is 10.6 Å². The molecule has 0 saturated carbocycles. The second-order valence-corrected chi connectivity index (χ2v) is 5.90. The molecule has 3 N–H and O–H groups in total. The van der Waals surface area contributed by atoms with Crippen LogP contribution in [0.25, 0.3) is 0 Å². The lowest BCUT2D eigenvalue weighted by atomic mass is 10.1. The number of nitrogens with one attached hydrogen (secondary N) is 3. The SMILES string of the molecule is CSC(=N)c1cccc(NC(=O)Nc2cccc3c2OCC3)c1. The Morgan fingerprint density at radius 2 is 2.04 bits per heavy atom. The zero-order valence-electron chi connectivity index (χ0n) is 12.7. The molecule has 2 amide bonds. The first-order valence-electron chi connectivity index (χ1n) is 7.23. The minimum Gasteiger partial charge on any atom is -0.491 e. The van der Waals surface area contributed by atoms with E-state index < -0.39 is 0 Å². The number of para-hydroxylation sites is 1. The third-order valence-electron chi connectivity index (χ3n) is 3.55. The van der Waals surface area contributed by atoms with E-state index in [9.17, 15) is 4.79 Å². The number of thioether (sulfide) groups is 1. The van der Waals surface area contributed by atoms with Crippen LogP contribution in [-0.4, -0.2) is 23.9 Å². The Kier molecular flexibility index (Phi) is 4.52. The van der Waals surface area contributed by atoms with Crippen LogP contribution in [0.3, 0.4) is 0 Å². The van der Waals surface area contributed by atoms with Gasteiger partial charge in [0.25, 0.3) is 0 Å². The fourth-order valence-electron chi connectivity index (χ4n) is 2.45. The smallest absolute Gasteiger partial charge is 0.323 e. The van der Waals surface area contributed by atoms with E-state index in [0.717, 1.165) is 23.3 Å². The molecule has 0 saturated heterocycles. The van der Waals surface area contributed by atoms with Crippen LogP contribution in [0.2, 0.25) is 0 Å². The molecule has 2 aromatic rings. The average molecular weight is 327 g/mol. The van der Waals surface area contributed by atoms with Gasteiger partial charge >= 0.3 is 6.03 Å². The van der Waals surface area contributed by atoms with Gasteiger partial charge in [0.15, 0.2) is 0 Å². The van der Waals surface area contributed by atoms with Crippen molar-refractivity contribution in [3.8, 4) is 5.75 Å². The third kappa shape index (κ3) is 3.48. The van der Waals surface area contributed by atoms with Crippen molar-refractivity contribution in [1.29, 1.82) is 5.41 Å². The highest BCUT2D eigenvalue weighted by atomic mass is 32.2. The first kappa shape index (κ1) is 15.4. The molecule has 3 rings (SSSR count). The summed E-state index contributed by atoms with van der Waals surface area (Å²) in [6.07, 6.45) is 2.72. The monoisotopic (exact) mass is 327 g/mol. The summed E-state index contributed by atoms with van der Waals surface area (Å²) in [5, 5.41) is 13.9. The molecule has 5 nitrogen and oxygen atoms in total. The quantitative estimate of drug-likeness (QED) is 0.590. The van der Waals surface area contributed by atoms with Crippen molar-refractivity contribution < 1.29 is 9.53 Å². The van der Waals surface area contributed by atoms with Crippen LogP contribution in [0.4, 0.5) is 16.2 Å². The second-order valence-electron chi connectivity index (χ2n) is 5.09. The van der Waals surface area contributed by atoms with E-state index in [1.807, 2.05) is 36.6 Å². The molecule has 0 atom stereocenters. The number of fused-ring (bicyclic) bond motifs is 1. The van der Waals surface area contributed by atoms with E-state index in [4.69, 9.17) is 10.1 Å². The number of anilines is 2. The van der Waals surface area contributed by atoms with Crippen molar-refractivity contribution in [2.75, 3.05) is 23.5 Å². The van der Waals surface area contributed by atoms with Gasteiger partial charge in [0.2, 0.25) is 0 Å². The highest BCUT2D eigenvalue weighted by Gasteiger charge is 2.17. The lowest BCUT2D eigenvalue weighted by molar-refractivity contribution is 0.262. The van der Waals surface area contributed by atoms with Crippen molar-refractivity contribution in [2.45, 2.75) is 6.42 Å². The molecule has 1 aliphatic rings. The maximum Gasteiger partial charge on any atom is 0.323 e. The van der Waals surface area contributed by atoms with Gasteiger partial charge < -0.3 is 15.4 Å². The van der Waals surface area contributed by atoms with Gasteiger partial charge in [-0.15, -0.1) is 11.8 Å². The van der Waals surface area contributed by atoms with Crippen molar-refractivity contribution in [3.63, 3.8) is 0 Å². The minimum absolute atomic E-state index is 0.332. The Balaban J connectivity index is 1.71. The van der Waals surface area contributed by atoms with Gasteiger partial charge in [0.05, 0.1) is 17.3 Å². The van der Waals surface area contributed by atoms with E-state index in [1.54, 1.807) is 12.1 Å². The van der Waals surface area contributed by atoms with Crippen LogP contribution < -0.4 is 15.4 Å². The summed E-state index contributed by atoms with van der Waals surface area (Å²) in [5.74, 6) is 0.751. The van der Waals surface area contributed by atoms with Crippen molar-refractivity contribution in [1.82, 2.24) is 0 Å². The van der Waals surface area contributed by atoms with E-state index in [0.29, 0.717) is 23.0 Å². The molecule has 1 heterocycles. The topological polar surface area (TPSA) is 74.2 Å². The molecular formula is C17H17N3O2S. The number of hydrogen-bond donors (Lipinski definition) is 3. The van der Waals surface area contributed by atoms with E-state index >= 15 is 0 Å². The predicted octanol–water partition coefficient (Wildman–Crippen LogP) is 3.95. The standard InChI is InChI=1S/C17H17N3O2S/c1-23-16(18)12-5-2-6-13(10-12)19-17(21)20-14-7-3-4-11-8-9-22-15(11)14/h2-7,10,18H,8-9H2,1H3,(H2,19,20,21). The van der Waals surface area contributed by atoms with E-state index in [-0.39, 0.29) is 6.03 Å². The summed E-state index contributed by atoms with van der Waals surface area (Å²) in [4.78, 5) is 12.2. The molecule has 0 spiro atoms. The Bertz CT molecular complexity index is 761. The molecule has 1 aliphatic heterocycles. The number of carbonyl (C=O) groups excluding carboxylic acids is 1. The Morgan fingerprint density at radius 1 is 1.22 bits per heavy atom. The fourth-order valence-corrected chi connectivity index (χ4v) is 2.82. The van der Waals surface area contributed by atoms with E-state index in [1.165, 1.54) is 11.8 Å². The normalized spacial score (nSPS) is 12.2. The Labute approximate surface area is 138 Å². The van der Waals surface area contributed by atoms with Crippen LogP contribution in [0.5, 0.6) is 5.75 Å². The van der Waals surface area contributed by atoms with Gasteiger partial charge in [-0.1, -0.05) is 24.3 Å². The largest absolute Gasteiger partial charge is 0.491 e. The minimum atomic E-state index is -0.332. The second kappa shape index (κ2) is 6.75. The first-order chi connectivity index (χ1) is 11.2. The molecule has 2 aromatic carbocycles. The summed E-state index contributed by atoms with van der Waals surface area (Å²) < 4.78 is 5.57. The first-order valence-corrected chi connectivity index (χ1v) is 8.45. The molecule has 118 valence electrons. The summed E-state index contributed by atoms with van der Waals surface area (Å²) in [5.41, 5.74) is 3.20. The summed E-state index contributed by atoms with van der Waals surface area (Å²) >= 11 is 1.36. The molecule has 23 heavy (non-hydrogen) atoms. The van der Waals surface area contributed by atoms with Crippen molar-refractivity contribution in [3.05, 3.63) is 53.6 Å². The zero-order valence-corrected chi connectivity index (χ0v) is 13.5. The van der Waals surface area contributed by atoms with Crippen LogP contribution in [0, 0.1) is 5.41 Å². The number of rotatable bonds is 3. The third-order valence-corrected chi connectivity index (χ3v) is 4.19. The number of amides is 2. The number of carbonyl (C=O) groups is 1. The van der Waals surface area contributed by atoms with Gasteiger partial charge in [0, 0.05) is 17.7 Å². The highest BCUT2D eigenvalue weighted by Crippen LogP contribution is 2.33. The number of benzene rings is 2. The van der Waals surface area contributed by atoms with Crippen LogP contribution in [0.15, 0.2) is 42.5 Å². The van der Waals surface area contributed by atoms with Gasteiger partial charge in [-0.3, -0.25) is 5.41 Å². The van der Waals surface area contributed by atoms with Gasteiger partial charge in [0.1, 0.15) is 5.75 Å². The lowest BCUT2D eigenvalue weighted by Crippen LogP contribution is -2.20. The maximum atomic E-state index is 12.2. The van der Waals surface area contributed by atoms with Crippen molar-refractivity contribution >= 4 is 34.2 Å². The van der Waals surface area contributed by atoms with Crippen LogP contribution >= 0.6 is 11.8 Å². The highest BCUT2D eigenvalue weighted by molar-refractivity contribution is 8.13. The molecule has 0 bridgehead atoms. The van der Waals surface area contributed by atoms with Gasteiger partial charge in [-0.05, 0) is 30.0 Å². The molecule has 0 aromatic heterocycles. The number of urea groups is 1. The molecule has 0 unspecified atom stereocenters. The molecular weight excluding hydrogens is 310 g/mol. The fraction of sp³-hybridized carbons (Fsp3) is 0.176. The summed E-state index contributed by atoms with van der Waals surface area (Å²) in [6.45, 7) is 0.647. The van der Waals surface area contributed by atoms with Gasteiger partial charge in [-0.25, -0.2) is 4.79 Å².